The fourth-order valence-corrected chi connectivity index (χ4v) is 1.56. The van der Waals surface area contributed by atoms with Crippen LogP contribution in [0.15, 0.2) is 24.3 Å². The minimum absolute atomic E-state index is 0.381. The molecule has 1 atom stereocenters. The van der Waals surface area contributed by atoms with E-state index in [0.717, 1.165) is 24.3 Å². The molecule has 0 fully saturated rings. The highest BCUT2D eigenvalue weighted by atomic mass is 16.5. The number of benzene rings is 1. The van der Waals surface area contributed by atoms with Crippen molar-refractivity contribution in [2.24, 2.45) is 5.92 Å². The maximum atomic E-state index is 9.66. The molecule has 0 aromatic heterocycles. The Kier molecular flexibility index (Phi) is 6.76. The summed E-state index contributed by atoms with van der Waals surface area (Å²) in [6, 6.07) is 7.57. The van der Waals surface area contributed by atoms with Crippen LogP contribution in [0.3, 0.4) is 0 Å². The quantitative estimate of drug-likeness (QED) is 0.722. The van der Waals surface area contributed by atoms with Gasteiger partial charge in [0.25, 0.3) is 0 Å². The fraction of sp³-hybridized carbons (Fsp3) is 0.600. The van der Waals surface area contributed by atoms with Crippen LogP contribution in [0, 0.1) is 5.92 Å². The predicted molar refractivity (Wildman–Crippen MR) is 72.8 cm³/mol. The van der Waals surface area contributed by atoms with Gasteiger partial charge in [0.05, 0.1) is 12.7 Å². The summed E-state index contributed by atoms with van der Waals surface area (Å²) >= 11 is 0. The van der Waals surface area contributed by atoms with E-state index < -0.39 is 0 Å². The summed E-state index contributed by atoms with van der Waals surface area (Å²) in [5.41, 5.74) is 0.931. The van der Waals surface area contributed by atoms with Gasteiger partial charge < -0.3 is 14.6 Å². The molecule has 0 saturated heterocycles. The Labute approximate surface area is 110 Å². The molecular formula is C15H24O3. The standard InChI is InChI=1S/C15H24O3/c1-4-15(16)13-5-7-14(8-6-13)18-10-9-17-11-12(2)3/h5-8,12,15-16H,4,9-11H2,1-3H3. The summed E-state index contributed by atoms with van der Waals surface area (Å²) in [6.07, 6.45) is 0.344. The Hall–Kier alpha value is -1.06. The first-order chi connectivity index (χ1) is 8.63. The van der Waals surface area contributed by atoms with Gasteiger partial charge in [0.1, 0.15) is 12.4 Å². The molecule has 0 saturated carbocycles. The Morgan fingerprint density at radius 2 is 1.78 bits per heavy atom. The molecule has 0 aliphatic heterocycles. The van der Waals surface area contributed by atoms with Crippen molar-refractivity contribution in [1.82, 2.24) is 0 Å². The van der Waals surface area contributed by atoms with Gasteiger partial charge >= 0.3 is 0 Å². The number of ether oxygens (including phenoxy) is 2. The van der Waals surface area contributed by atoms with Gasteiger partial charge in [0, 0.05) is 6.61 Å². The molecule has 0 spiro atoms. The Morgan fingerprint density at radius 1 is 1.11 bits per heavy atom. The second kappa shape index (κ2) is 8.11. The molecule has 0 heterocycles. The summed E-state index contributed by atoms with van der Waals surface area (Å²) < 4.78 is 11.0. The van der Waals surface area contributed by atoms with Crippen LogP contribution in [-0.2, 0) is 4.74 Å². The lowest BCUT2D eigenvalue weighted by Gasteiger charge is -2.11. The van der Waals surface area contributed by atoms with Crippen LogP contribution in [0.5, 0.6) is 5.75 Å². The molecule has 1 rings (SSSR count). The van der Waals surface area contributed by atoms with E-state index >= 15 is 0 Å². The third kappa shape index (κ3) is 5.52. The zero-order valence-electron chi connectivity index (χ0n) is 11.6. The number of aliphatic hydroxyl groups is 1. The van der Waals surface area contributed by atoms with Crippen LogP contribution < -0.4 is 4.74 Å². The van der Waals surface area contributed by atoms with Gasteiger partial charge in [0.15, 0.2) is 0 Å². The fourth-order valence-electron chi connectivity index (χ4n) is 1.56. The molecule has 102 valence electrons. The first-order valence-corrected chi connectivity index (χ1v) is 6.62. The van der Waals surface area contributed by atoms with Crippen molar-refractivity contribution in [3.8, 4) is 5.75 Å². The lowest BCUT2D eigenvalue weighted by Crippen LogP contribution is -2.10. The third-order valence-electron chi connectivity index (χ3n) is 2.60. The lowest BCUT2D eigenvalue weighted by molar-refractivity contribution is 0.0818. The number of hydrogen-bond donors (Lipinski definition) is 1. The topological polar surface area (TPSA) is 38.7 Å². The van der Waals surface area contributed by atoms with Crippen LogP contribution in [-0.4, -0.2) is 24.9 Å². The van der Waals surface area contributed by atoms with Crippen molar-refractivity contribution in [3.05, 3.63) is 29.8 Å². The monoisotopic (exact) mass is 252 g/mol. The van der Waals surface area contributed by atoms with E-state index in [0.29, 0.717) is 19.1 Å². The van der Waals surface area contributed by atoms with E-state index in [2.05, 4.69) is 13.8 Å². The van der Waals surface area contributed by atoms with Crippen molar-refractivity contribution >= 4 is 0 Å². The maximum Gasteiger partial charge on any atom is 0.119 e. The normalized spacial score (nSPS) is 12.7. The largest absolute Gasteiger partial charge is 0.491 e. The van der Waals surface area contributed by atoms with Crippen LogP contribution in [0.25, 0.3) is 0 Å². The molecule has 0 amide bonds. The molecule has 3 heteroatoms. The first kappa shape index (κ1) is 15.0. The van der Waals surface area contributed by atoms with Crippen LogP contribution in [0.1, 0.15) is 38.9 Å². The summed E-state index contributed by atoms with van der Waals surface area (Å²) in [5.74, 6) is 1.37. The van der Waals surface area contributed by atoms with E-state index in [4.69, 9.17) is 9.47 Å². The van der Waals surface area contributed by atoms with Crippen LogP contribution >= 0.6 is 0 Å². The SMILES string of the molecule is CCC(O)c1ccc(OCCOCC(C)C)cc1. The Balaban J connectivity index is 2.27. The molecule has 1 aromatic carbocycles. The van der Waals surface area contributed by atoms with E-state index in [-0.39, 0.29) is 6.10 Å². The average molecular weight is 252 g/mol. The molecule has 1 N–H and O–H groups in total. The zero-order valence-corrected chi connectivity index (χ0v) is 11.6. The second-order valence-corrected chi connectivity index (χ2v) is 4.81. The molecule has 0 radical (unpaired) electrons. The second-order valence-electron chi connectivity index (χ2n) is 4.81. The molecule has 1 aromatic rings. The Morgan fingerprint density at radius 3 is 2.33 bits per heavy atom. The van der Waals surface area contributed by atoms with Crippen LogP contribution in [0.2, 0.25) is 0 Å². The molecule has 1 unspecified atom stereocenters. The molecule has 0 bridgehead atoms. The molecule has 0 aliphatic rings. The average Bonchev–Trinajstić information content (AvgIpc) is 2.38. The highest BCUT2D eigenvalue weighted by Crippen LogP contribution is 2.19. The smallest absolute Gasteiger partial charge is 0.119 e. The molecule has 0 aliphatic carbocycles. The van der Waals surface area contributed by atoms with Gasteiger partial charge in [-0.15, -0.1) is 0 Å². The van der Waals surface area contributed by atoms with Gasteiger partial charge in [-0.05, 0) is 30.0 Å². The first-order valence-electron chi connectivity index (χ1n) is 6.62. The zero-order chi connectivity index (χ0) is 13.4. The minimum Gasteiger partial charge on any atom is -0.491 e. The van der Waals surface area contributed by atoms with Crippen molar-refractivity contribution in [1.29, 1.82) is 0 Å². The summed E-state index contributed by atoms with van der Waals surface area (Å²) in [5, 5.41) is 9.66. The van der Waals surface area contributed by atoms with Crippen molar-refractivity contribution in [2.75, 3.05) is 19.8 Å². The van der Waals surface area contributed by atoms with E-state index in [9.17, 15) is 5.11 Å². The summed E-state index contributed by atoms with van der Waals surface area (Å²) in [7, 11) is 0. The molecular weight excluding hydrogens is 228 g/mol. The van der Waals surface area contributed by atoms with E-state index in [1.54, 1.807) is 0 Å². The summed E-state index contributed by atoms with van der Waals surface area (Å²) in [6.45, 7) is 8.14. The van der Waals surface area contributed by atoms with Crippen molar-refractivity contribution < 1.29 is 14.6 Å². The van der Waals surface area contributed by atoms with Crippen LogP contribution in [0.4, 0.5) is 0 Å². The Bertz CT molecular complexity index is 319. The van der Waals surface area contributed by atoms with Gasteiger partial charge in [-0.25, -0.2) is 0 Å². The molecule has 3 nitrogen and oxygen atoms in total. The number of hydrogen-bond acceptors (Lipinski definition) is 3. The number of rotatable bonds is 8. The van der Waals surface area contributed by atoms with E-state index in [1.165, 1.54) is 0 Å². The van der Waals surface area contributed by atoms with E-state index in [1.807, 2.05) is 31.2 Å². The predicted octanol–water partition coefficient (Wildman–Crippen LogP) is 3.18. The third-order valence-corrected chi connectivity index (χ3v) is 2.60. The maximum absolute atomic E-state index is 9.66. The van der Waals surface area contributed by atoms with Crippen molar-refractivity contribution in [3.63, 3.8) is 0 Å². The molecule has 18 heavy (non-hydrogen) atoms. The highest BCUT2D eigenvalue weighted by Gasteiger charge is 2.04. The summed E-state index contributed by atoms with van der Waals surface area (Å²) in [4.78, 5) is 0. The van der Waals surface area contributed by atoms with Crippen molar-refractivity contribution in [2.45, 2.75) is 33.3 Å². The lowest BCUT2D eigenvalue weighted by atomic mass is 10.1. The van der Waals surface area contributed by atoms with Gasteiger partial charge in [-0.2, -0.15) is 0 Å². The van der Waals surface area contributed by atoms with Gasteiger partial charge in [-0.1, -0.05) is 32.9 Å². The van der Waals surface area contributed by atoms with Gasteiger partial charge in [-0.3, -0.25) is 0 Å². The number of aliphatic hydroxyl groups excluding tert-OH is 1. The minimum atomic E-state index is -0.381. The highest BCUT2D eigenvalue weighted by molar-refractivity contribution is 5.28. The van der Waals surface area contributed by atoms with Gasteiger partial charge in [0.2, 0.25) is 0 Å².